The number of para-hydroxylation sites is 1. The molecule has 0 saturated heterocycles. The lowest BCUT2D eigenvalue weighted by Gasteiger charge is -2.21. The molecule has 0 bridgehead atoms. The summed E-state index contributed by atoms with van der Waals surface area (Å²) >= 11 is 0. The van der Waals surface area contributed by atoms with Gasteiger partial charge < -0.3 is 42.0 Å². The number of phenolic OH excluding ortho intramolecular Hbond substituents is 1. The van der Waals surface area contributed by atoms with Crippen molar-refractivity contribution in [2.75, 3.05) is 6.54 Å². The van der Waals surface area contributed by atoms with Crippen LogP contribution in [0.2, 0.25) is 0 Å². The van der Waals surface area contributed by atoms with E-state index in [0.29, 0.717) is 11.1 Å². The van der Waals surface area contributed by atoms with Crippen molar-refractivity contribution in [2.24, 2.45) is 5.73 Å². The minimum absolute atomic E-state index is 0.0000335. The molecule has 3 amide bonds. The smallest absolute Gasteiger partial charge is 0.326 e. The van der Waals surface area contributed by atoms with Gasteiger partial charge in [-0.1, -0.05) is 30.3 Å². The Kier molecular flexibility index (Phi) is 9.59. The number of carbonyl (C=O) groups is 5. The van der Waals surface area contributed by atoms with Crippen molar-refractivity contribution < 1.29 is 39.3 Å². The Morgan fingerprint density at radius 3 is 2.23 bits per heavy atom. The monoisotopic (exact) mass is 539 g/mol. The summed E-state index contributed by atoms with van der Waals surface area (Å²) in [6.45, 7) is -0.584. The second-order valence-electron chi connectivity index (χ2n) is 8.88. The van der Waals surface area contributed by atoms with Crippen LogP contribution in [0, 0.1) is 0 Å². The number of aromatic hydroxyl groups is 1. The van der Waals surface area contributed by atoms with E-state index in [0.717, 1.165) is 10.9 Å². The maximum atomic E-state index is 12.9. The molecule has 0 spiro atoms. The maximum Gasteiger partial charge on any atom is 0.326 e. The van der Waals surface area contributed by atoms with Crippen LogP contribution in [-0.2, 0) is 36.8 Å². The number of aromatic nitrogens is 1. The number of aliphatic carboxylic acids is 2. The Bertz CT molecular complexity index is 1350. The first-order chi connectivity index (χ1) is 18.5. The SMILES string of the molecule is NC(CC(=O)O)C(=O)NC(Cc1ccc(O)cc1)C(=O)NCC(=O)NC(Cc1c[nH]c2ccccc12)C(=O)O. The lowest BCUT2D eigenvalue weighted by atomic mass is 10.0. The first-order valence-electron chi connectivity index (χ1n) is 11.9. The first kappa shape index (κ1) is 28.7. The molecule has 3 rings (SSSR count). The zero-order valence-electron chi connectivity index (χ0n) is 20.7. The van der Waals surface area contributed by atoms with Crippen molar-refractivity contribution in [2.45, 2.75) is 37.4 Å². The van der Waals surface area contributed by atoms with E-state index >= 15 is 0 Å². The molecule has 1 aromatic heterocycles. The first-order valence-corrected chi connectivity index (χ1v) is 11.9. The van der Waals surface area contributed by atoms with Crippen LogP contribution in [0.4, 0.5) is 0 Å². The average Bonchev–Trinajstić information content (AvgIpc) is 3.30. The van der Waals surface area contributed by atoms with E-state index in [1.54, 1.807) is 6.20 Å². The van der Waals surface area contributed by atoms with E-state index in [9.17, 15) is 34.2 Å². The Balaban J connectivity index is 1.63. The fourth-order valence-electron chi connectivity index (χ4n) is 3.89. The quantitative estimate of drug-likeness (QED) is 0.142. The van der Waals surface area contributed by atoms with E-state index in [1.807, 2.05) is 24.3 Å². The van der Waals surface area contributed by atoms with E-state index in [2.05, 4.69) is 20.9 Å². The molecule has 2 aromatic carbocycles. The predicted molar refractivity (Wildman–Crippen MR) is 139 cm³/mol. The van der Waals surface area contributed by atoms with Gasteiger partial charge in [0.25, 0.3) is 0 Å². The van der Waals surface area contributed by atoms with Gasteiger partial charge in [0.2, 0.25) is 17.7 Å². The van der Waals surface area contributed by atoms with E-state index in [4.69, 9.17) is 10.8 Å². The Hall–Kier alpha value is -4.91. The molecular weight excluding hydrogens is 510 g/mol. The number of carboxylic acids is 2. The molecule has 13 nitrogen and oxygen atoms in total. The Morgan fingerprint density at radius 2 is 1.56 bits per heavy atom. The average molecular weight is 540 g/mol. The fourth-order valence-corrected chi connectivity index (χ4v) is 3.89. The number of H-pyrrole nitrogens is 1. The predicted octanol–water partition coefficient (Wildman–Crippen LogP) is -0.369. The number of nitrogens with two attached hydrogens (primary N) is 1. The van der Waals surface area contributed by atoms with Crippen molar-refractivity contribution in [1.82, 2.24) is 20.9 Å². The van der Waals surface area contributed by atoms with Gasteiger partial charge in [-0.15, -0.1) is 0 Å². The molecule has 39 heavy (non-hydrogen) atoms. The van der Waals surface area contributed by atoms with Gasteiger partial charge >= 0.3 is 11.9 Å². The summed E-state index contributed by atoms with van der Waals surface area (Å²) in [5.41, 5.74) is 7.66. The molecule has 0 aliphatic heterocycles. The number of aromatic amines is 1. The highest BCUT2D eigenvalue weighted by molar-refractivity contribution is 5.94. The normalized spacial score (nSPS) is 13.2. The van der Waals surface area contributed by atoms with Gasteiger partial charge in [-0.25, -0.2) is 4.79 Å². The van der Waals surface area contributed by atoms with Crippen LogP contribution < -0.4 is 21.7 Å². The van der Waals surface area contributed by atoms with Crippen LogP contribution in [-0.4, -0.2) is 74.6 Å². The molecule has 0 fully saturated rings. The van der Waals surface area contributed by atoms with Crippen molar-refractivity contribution >= 4 is 40.6 Å². The number of phenols is 1. The zero-order valence-corrected chi connectivity index (χ0v) is 20.7. The van der Waals surface area contributed by atoms with Crippen molar-refractivity contribution in [3.05, 3.63) is 65.9 Å². The third-order valence-corrected chi connectivity index (χ3v) is 5.90. The second-order valence-corrected chi connectivity index (χ2v) is 8.88. The van der Waals surface area contributed by atoms with Gasteiger partial charge in [-0.2, -0.15) is 0 Å². The minimum Gasteiger partial charge on any atom is -0.508 e. The minimum atomic E-state index is -1.42. The largest absolute Gasteiger partial charge is 0.508 e. The van der Waals surface area contributed by atoms with Gasteiger partial charge in [-0.3, -0.25) is 19.2 Å². The van der Waals surface area contributed by atoms with Gasteiger partial charge in [0.05, 0.1) is 19.0 Å². The number of fused-ring (bicyclic) bond motifs is 1. The van der Waals surface area contributed by atoms with Crippen LogP contribution in [0.25, 0.3) is 10.9 Å². The molecule has 0 aliphatic carbocycles. The lowest BCUT2D eigenvalue weighted by Crippen LogP contribution is -2.54. The fraction of sp³-hybridized carbons (Fsp3) is 0.269. The Morgan fingerprint density at radius 1 is 0.872 bits per heavy atom. The zero-order chi connectivity index (χ0) is 28.5. The topological polar surface area (TPSA) is 224 Å². The molecule has 1 heterocycles. The molecule has 0 saturated carbocycles. The van der Waals surface area contributed by atoms with Gasteiger partial charge in [0.1, 0.15) is 17.8 Å². The summed E-state index contributed by atoms with van der Waals surface area (Å²) in [4.78, 5) is 63.5. The van der Waals surface area contributed by atoms with Gasteiger partial charge in [0, 0.05) is 29.9 Å². The Labute approximate surface area is 222 Å². The van der Waals surface area contributed by atoms with Crippen LogP contribution in [0.1, 0.15) is 17.5 Å². The third kappa shape index (κ3) is 8.30. The summed E-state index contributed by atoms with van der Waals surface area (Å²) in [7, 11) is 0. The highest BCUT2D eigenvalue weighted by atomic mass is 16.4. The summed E-state index contributed by atoms with van der Waals surface area (Å²) in [5, 5.41) is 35.9. The number of hydrogen-bond donors (Lipinski definition) is 8. The maximum absolute atomic E-state index is 12.9. The van der Waals surface area contributed by atoms with Crippen molar-refractivity contribution in [1.29, 1.82) is 0 Å². The van der Waals surface area contributed by atoms with E-state index < -0.39 is 60.8 Å². The number of rotatable bonds is 13. The van der Waals surface area contributed by atoms with Crippen molar-refractivity contribution in [3.63, 3.8) is 0 Å². The van der Waals surface area contributed by atoms with Gasteiger partial charge in [0.15, 0.2) is 0 Å². The second kappa shape index (κ2) is 13.1. The van der Waals surface area contributed by atoms with Crippen molar-refractivity contribution in [3.8, 4) is 5.75 Å². The van der Waals surface area contributed by atoms with E-state index in [-0.39, 0.29) is 18.6 Å². The number of carbonyl (C=O) groups excluding carboxylic acids is 3. The lowest BCUT2D eigenvalue weighted by molar-refractivity contribution is -0.141. The highest BCUT2D eigenvalue weighted by Gasteiger charge is 2.27. The molecule has 3 aromatic rings. The highest BCUT2D eigenvalue weighted by Crippen LogP contribution is 2.19. The number of hydrogen-bond acceptors (Lipinski definition) is 7. The van der Waals surface area contributed by atoms with Crippen LogP contribution >= 0.6 is 0 Å². The number of benzene rings is 2. The van der Waals surface area contributed by atoms with E-state index in [1.165, 1.54) is 24.3 Å². The molecule has 3 atom stereocenters. The molecule has 3 unspecified atom stereocenters. The number of amides is 3. The number of carboxylic acid groups (broad SMARTS) is 2. The molecule has 0 aliphatic rings. The van der Waals surface area contributed by atoms with Crippen LogP contribution in [0.15, 0.2) is 54.7 Å². The summed E-state index contributed by atoms with van der Waals surface area (Å²) in [5.74, 6) is -5.00. The molecular formula is C26H29N5O8. The number of nitrogens with one attached hydrogen (secondary N) is 4. The molecule has 206 valence electrons. The molecule has 9 N–H and O–H groups in total. The third-order valence-electron chi connectivity index (χ3n) is 5.90. The summed E-state index contributed by atoms with van der Waals surface area (Å²) < 4.78 is 0. The van der Waals surface area contributed by atoms with Gasteiger partial charge in [-0.05, 0) is 29.3 Å². The van der Waals surface area contributed by atoms with Crippen LogP contribution in [0.5, 0.6) is 5.75 Å². The molecule has 13 heteroatoms. The summed E-state index contributed by atoms with van der Waals surface area (Å²) in [6, 6.07) is 9.20. The molecule has 0 radical (unpaired) electrons. The summed E-state index contributed by atoms with van der Waals surface area (Å²) in [6.07, 6.45) is 0.951. The van der Waals surface area contributed by atoms with Crippen LogP contribution in [0.3, 0.4) is 0 Å². The standard InChI is InChI=1S/C26H29N5O8/c27-18(11-23(34)35)24(36)31-20(9-14-5-7-16(32)8-6-14)25(37)29-13-22(33)30-21(26(38)39)10-15-12-28-19-4-2-1-3-17(15)19/h1-8,12,18,20-21,28,32H,9-11,13,27H2,(H,29,37)(H,30,33)(H,31,36)(H,34,35)(H,38,39).